The van der Waals surface area contributed by atoms with E-state index in [1.165, 1.54) is 44.6 Å². The first kappa shape index (κ1) is 18.7. The lowest BCUT2D eigenvalue weighted by Gasteiger charge is -2.19. The Kier molecular flexibility index (Phi) is 6.89. The van der Waals surface area contributed by atoms with Gasteiger partial charge in [0.25, 0.3) is 0 Å². The summed E-state index contributed by atoms with van der Waals surface area (Å²) in [7, 11) is 1.63. The van der Waals surface area contributed by atoms with E-state index < -0.39 is 0 Å². The molecule has 0 unspecified atom stereocenters. The second-order valence-electron chi connectivity index (χ2n) is 6.90. The van der Waals surface area contributed by atoms with Crippen LogP contribution in [0.3, 0.4) is 0 Å². The molecule has 0 bridgehead atoms. The van der Waals surface area contributed by atoms with E-state index in [1.807, 2.05) is 24.3 Å². The molecule has 1 fully saturated rings. The number of hydrogen-bond acceptors (Lipinski definition) is 3. The van der Waals surface area contributed by atoms with Crippen LogP contribution in [-0.2, 0) is 13.2 Å². The van der Waals surface area contributed by atoms with Crippen LogP contribution in [0.4, 0.5) is 4.39 Å². The summed E-state index contributed by atoms with van der Waals surface area (Å²) in [5.41, 5.74) is 1.59. The number of methoxy groups -OCH3 is 1. The zero-order valence-electron chi connectivity index (χ0n) is 15.5. The summed E-state index contributed by atoms with van der Waals surface area (Å²) in [5, 5.41) is 3.67. The minimum Gasteiger partial charge on any atom is -0.493 e. The van der Waals surface area contributed by atoms with Gasteiger partial charge in [0.1, 0.15) is 12.4 Å². The Hall–Kier alpha value is -2.07. The van der Waals surface area contributed by atoms with Crippen molar-refractivity contribution in [2.24, 2.45) is 0 Å². The van der Waals surface area contributed by atoms with Crippen LogP contribution in [0.25, 0.3) is 0 Å². The van der Waals surface area contributed by atoms with Crippen LogP contribution in [0.1, 0.15) is 49.7 Å². The molecular formula is C22H28FNO2. The van der Waals surface area contributed by atoms with Gasteiger partial charge in [0.15, 0.2) is 11.5 Å². The molecule has 0 amide bonds. The van der Waals surface area contributed by atoms with E-state index in [0.29, 0.717) is 23.1 Å². The van der Waals surface area contributed by atoms with Crippen molar-refractivity contribution >= 4 is 0 Å². The van der Waals surface area contributed by atoms with E-state index in [0.717, 1.165) is 12.1 Å². The molecule has 0 radical (unpaired) electrons. The Labute approximate surface area is 155 Å². The largest absolute Gasteiger partial charge is 0.493 e. The van der Waals surface area contributed by atoms with Crippen molar-refractivity contribution in [3.05, 3.63) is 59.4 Å². The zero-order valence-corrected chi connectivity index (χ0v) is 15.5. The average Bonchev–Trinajstić information content (AvgIpc) is 2.94. The van der Waals surface area contributed by atoms with Gasteiger partial charge in [0.05, 0.1) is 7.11 Å². The van der Waals surface area contributed by atoms with Crippen molar-refractivity contribution in [3.8, 4) is 11.5 Å². The van der Waals surface area contributed by atoms with Crippen LogP contribution in [0.2, 0.25) is 0 Å². The second-order valence-corrected chi connectivity index (χ2v) is 6.90. The van der Waals surface area contributed by atoms with Crippen molar-refractivity contribution in [1.82, 2.24) is 5.32 Å². The fraction of sp³-hybridized carbons (Fsp3) is 0.455. The van der Waals surface area contributed by atoms with Gasteiger partial charge in [-0.05, 0) is 25.0 Å². The molecule has 2 aromatic carbocycles. The van der Waals surface area contributed by atoms with Crippen molar-refractivity contribution in [1.29, 1.82) is 0 Å². The van der Waals surface area contributed by atoms with Crippen LogP contribution in [-0.4, -0.2) is 13.2 Å². The molecule has 0 saturated heterocycles. The third kappa shape index (κ3) is 4.98. The molecule has 3 nitrogen and oxygen atoms in total. The lowest BCUT2D eigenvalue weighted by Crippen LogP contribution is -2.28. The number of benzene rings is 2. The molecule has 0 atom stereocenters. The van der Waals surface area contributed by atoms with Gasteiger partial charge < -0.3 is 14.8 Å². The first-order chi connectivity index (χ1) is 12.8. The molecule has 1 saturated carbocycles. The molecule has 0 spiro atoms. The third-order valence-corrected chi connectivity index (χ3v) is 5.05. The van der Waals surface area contributed by atoms with Crippen molar-refractivity contribution < 1.29 is 13.9 Å². The Balaban J connectivity index is 1.70. The van der Waals surface area contributed by atoms with Gasteiger partial charge in [0.2, 0.25) is 0 Å². The molecule has 1 aliphatic carbocycles. The quantitative estimate of drug-likeness (QED) is 0.689. The number of nitrogens with one attached hydrogen (secondary N) is 1. The molecule has 0 heterocycles. The molecule has 140 valence electrons. The maximum Gasteiger partial charge on any atom is 0.166 e. The molecule has 4 heteroatoms. The lowest BCUT2D eigenvalue weighted by atomic mass is 10.1. The lowest BCUT2D eigenvalue weighted by molar-refractivity contribution is 0.275. The van der Waals surface area contributed by atoms with Crippen molar-refractivity contribution in [2.75, 3.05) is 7.11 Å². The third-order valence-electron chi connectivity index (χ3n) is 5.05. The van der Waals surface area contributed by atoms with Crippen LogP contribution in [0, 0.1) is 5.82 Å². The molecule has 26 heavy (non-hydrogen) atoms. The van der Waals surface area contributed by atoms with Crippen molar-refractivity contribution in [3.63, 3.8) is 0 Å². The van der Waals surface area contributed by atoms with E-state index in [2.05, 4.69) is 5.32 Å². The van der Waals surface area contributed by atoms with Crippen LogP contribution in [0.15, 0.2) is 42.5 Å². The van der Waals surface area contributed by atoms with Gasteiger partial charge in [-0.3, -0.25) is 0 Å². The molecular weight excluding hydrogens is 329 g/mol. The van der Waals surface area contributed by atoms with E-state index in [9.17, 15) is 4.39 Å². The van der Waals surface area contributed by atoms with Crippen molar-refractivity contribution in [2.45, 2.75) is 57.7 Å². The van der Waals surface area contributed by atoms with Gasteiger partial charge in [-0.25, -0.2) is 4.39 Å². The topological polar surface area (TPSA) is 30.5 Å². The summed E-state index contributed by atoms with van der Waals surface area (Å²) in [6.45, 7) is 0.915. The molecule has 1 aliphatic rings. The van der Waals surface area contributed by atoms with Gasteiger partial charge in [0, 0.05) is 23.7 Å². The summed E-state index contributed by atoms with van der Waals surface area (Å²) in [5.74, 6) is 1.13. The standard InChI is InChI=1S/C22H28FNO2/c1-25-21-14-8-10-17(15-24-19-11-4-2-3-5-12-19)22(21)26-16-18-9-6-7-13-20(18)23/h6-10,13-14,19,24H,2-5,11-12,15-16H2,1H3. The van der Waals surface area contributed by atoms with Gasteiger partial charge in [-0.1, -0.05) is 56.0 Å². The van der Waals surface area contributed by atoms with Gasteiger partial charge in [-0.2, -0.15) is 0 Å². The highest BCUT2D eigenvalue weighted by molar-refractivity contribution is 5.46. The van der Waals surface area contributed by atoms with E-state index in [4.69, 9.17) is 9.47 Å². The van der Waals surface area contributed by atoms with Crippen LogP contribution in [0.5, 0.6) is 11.5 Å². The highest BCUT2D eigenvalue weighted by Crippen LogP contribution is 2.32. The summed E-state index contributed by atoms with van der Waals surface area (Å²) < 4.78 is 25.3. The maximum atomic E-state index is 13.9. The average molecular weight is 357 g/mol. The molecule has 0 aromatic heterocycles. The zero-order chi connectivity index (χ0) is 18.2. The summed E-state index contributed by atoms with van der Waals surface area (Å²) in [6, 6.07) is 13.2. The second kappa shape index (κ2) is 9.58. The Bertz CT molecular complexity index is 696. The summed E-state index contributed by atoms with van der Waals surface area (Å²) in [6.07, 6.45) is 7.74. The highest BCUT2D eigenvalue weighted by atomic mass is 19.1. The number of ether oxygens (including phenoxy) is 2. The highest BCUT2D eigenvalue weighted by Gasteiger charge is 2.15. The number of hydrogen-bond donors (Lipinski definition) is 1. The van der Waals surface area contributed by atoms with Gasteiger partial charge >= 0.3 is 0 Å². The summed E-state index contributed by atoms with van der Waals surface area (Å²) >= 11 is 0. The number of rotatable bonds is 7. The first-order valence-corrected chi connectivity index (χ1v) is 9.53. The van der Waals surface area contributed by atoms with E-state index in [1.54, 1.807) is 19.2 Å². The van der Waals surface area contributed by atoms with Crippen LogP contribution < -0.4 is 14.8 Å². The van der Waals surface area contributed by atoms with E-state index >= 15 is 0 Å². The van der Waals surface area contributed by atoms with Gasteiger partial charge in [-0.15, -0.1) is 0 Å². The normalized spacial score (nSPS) is 15.5. The monoisotopic (exact) mass is 357 g/mol. The predicted octanol–water partition coefficient (Wildman–Crippen LogP) is 5.23. The number of halogens is 1. The smallest absolute Gasteiger partial charge is 0.166 e. The SMILES string of the molecule is COc1cccc(CNC2CCCCCC2)c1OCc1ccccc1F. The Morgan fingerprint density at radius 1 is 0.962 bits per heavy atom. The fourth-order valence-electron chi connectivity index (χ4n) is 3.53. The Morgan fingerprint density at radius 2 is 1.69 bits per heavy atom. The molecule has 3 rings (SSSR count). The van der Waals surface area contributed by atoms with Crippen LogP contribution >= 0.6 is 0 Å². The summed E-state index contributed by atoms with van der Waals surface area (Å²) in [4.78, 5) is 0. The number of para-hydroxylation sites is 1. The first-order valence-electron chi connectivity index (χ1n) is 9.53. The fourth-order valence-corrected chi connectivity index (χ4v) is 3.53. The van der Waals surface area contributed by atoms with E-state index in [-0.39, 0.29) is 12.4 Å². The molecule has 1 N–H and O–H groups in total. The Morgan fingerprint density at radius 3 is 2.42 bits per heavy atom. The molecule has 0 aliphatic heterocycles. The maximum absolute atomic E-state index is 13.9. The predicted molar refractivity (Wildman–Crippen MR) is 102 cm³/mol. The minimum atomic E-state index is -0.250. The molecule has 2 aromatic rings. The minimum absolute atomic E-state index is 0.184.